The molecule has 1 unspecified atom stereocenters. The molecular formula is C16H23NO5S. The summed E-state index contributed by atoms with van der Waals surface area (Å²) in [5.41, 5.74) is 0.847. The topological polar surface area (TPSA) is 101 Å². The lowest BCUT2D eigenvalue weighted by atomic mass is 9.87. The molecule has 7 heteroatoms. The largest absolute Gasteiger partial charge is 0.480 e. The van der Waals surface area contributed by atoms with Gasteiger partial charge in [-0.3, -0.25) is 9.59 Å². The van der Waals surface area contributed by atoms with Gasteiger partial charge in [0.2, 0.25) is 10.0 Å². The van der Waals surface area contributed by atoms with E-state index in [2.05, 4.69) is 4.72 Å². The Morgan fingerprint density at radius 1 is 1.17 bits per heavy atom. The molecule has 0 aliphatic carbocycles. The third kappa shape index (κ3) is 5.44. The van der Waals surface area contributed by atoms with E-state index in [1.807, 2.05) is 20.8 Å². The molecule has 0 radical (unpaired) electrons. The van der Waals surface area contributed by atoms with Crippen LogP contribution in [0, 0.1) is 0 Å². The first kappa shape index (κ1) is 19.3. The number of benzene rings is 1. The molecule has 1 aromatic rings. The first-order valence-electron chi connectivity index (χ1n) is 7.34. The minimum atomic E-state index is -4.00. The fourth-order valence-corrected chi connectivity index (χ4v) is 3.13. The van der Waals surface area contributed by atoms with Gasteiger partial charge < -0.3 is 5.11 Å². The summed E-state index contributed by atoms with van der Waals surface area (Å²) < 4.78 is 26.7. The van der Waals surface area contributed by atoms with Crippen LogP contribution in [0.5, 0.6) is 0 Å². The summed E-state index contributed by atoms with van der Waals surface area (Å²) in [6.45, 7) is 7.61. The third-order valence-electron chi connectivity index (χ3n) is 3.45. The van der Waals surface area contributed by atoms with Gasteiger partial charge >= 0.3 is 5.97 Å². The molecule has 0 fully saturated rings. The van der Waals surface area contributed by atoms with Gasteiger partial charge in [-0.05, 0) is 23.1 Å². The molecule has 0 aliphatic heterocycles. The van der Waals surface area contributed by atoms with Crippen molar-refractivity contribution >= 4 is 21.8 Å². The van der Waals surface area contributed by atoms with Gasteiger partial charge in [-0.15, -0.1) is 0 Å². The van der Waals surface area contributed by atoms with Crippen LogP contribution in [-0.2, 0) is 25.0 Å². The highest BCUT2D eigenvalue weighted by atomic mass is 32.2. The monoisotopic (exact) mass is 341 g/mol. The normalized spacial score (nSPS) is 13.6. The average Bonchev–Trinajstić information content (AvgIpc) is 2.45. The second-order valence-electron chi connectivity index (χ2n) is 6.38. The van der Waals surface area contributed by atoms with Gasteiger partial charge in [0.15, 0.2) is 0 Å². The summed E-state index contributed by atoms with van der Waals surface area (Å²) in [4.78, 5) is 22.5. The highest BCUT2D eigenvalue weighted by Crippen LogP contribution is 2.23. The number of carboxylic acid groups (broad SMARTS) is 1. The standard InChI is InChI=1S/C16H23NO5S/c1-5-12(18)10-14(15(19)20)17-23(21,22)13-8-6-11(7-9-13)16(2,3)4/h6-9,14,17H,5,10H2,1-4H3,(H,19,20). The van der Waals surface area contributed by atoms with E-state index in [1.54, 1.807) is 19.1 Å². The van der Waals surface area contributed by atoms with Gasteiger partial charge in [-0.2, -0.15) is 4.72 Å². The molecule has 6 nitrogen and oxygen atoms in total. The van der Waals surface area contributed by atoms with Crippen molar-refractivity contribution < 1.29 is 23.1 Å². The fraction of sp³-hybridized carbons (Fsp3) is 0.500. The Morgan fingerprint density at radius 3 is 2.09 bits per heavy atom. The summed E-state index contributed by atoms with van der Waals surface area (Å²) in [5.74, 6) is -1.69. The number of rotatable bonds is 7. The molecule has 0 saturated heterocycles. The van der Waals surface area contributed by atoms with Crippen molar-refractivity contribution in [2.75, 3.05) is 0 Å². The van der Waals surface area contributed by atoms with Crippen molar-refractivity contribution in [2.45, 2.75) is 56.9 Å². The van der Waals surface area contributed by atoms with Crippen molar-refractivity contribution in [1.82, 2.24) is 4.72 Å². The average molecular weight is 341 g/mol. The lowest BCUT2D eigenvalue weighted by Gasteiger charge is -2.19. The zero-order valence-electron chi connectivity index (χ0n) is 13.8. The number of hydrogen-bond acceptors (Lipinski definition) is 4. The molecule has 0 aromatic heterocycles. The van der Waals surface area contributed by atoms with E-state index in [0.29, 0.717) is 0 Å². The van der Waals surface area contributed by atoms with Crippen molar-refractivity contribution in [3.63, 3.8) is 0 Å². The molecule has 1 aromatic carbocycles. The van der Waals surface area contributed by atoms with Gasteiger partial charge in [0.25, 0.3) is 0 Å². The third-order valence-corrected chi connectivity index (χ3v) is 4.94. The molecule has 0 spiro atoms. The number of nitrogens with one attached hydrogen (secondary N) is 1. The molecule has 0 saturated carbocycles. The Morgan fingerprint density at radius 2 is 1.70 bits per heavy atom. The van der Waals surface area contributed by atoms with E-state index in [9.17, 15) is 18.0 Å². The highest BCUT2D eigenvalue weighted by molar-refractivity contribution is 7.89. The second kappa shape index (κ2) is 7.23. The molecule has 0 amide bonds. The number of carboxylic acids is 1. The quantitative estimate of drug-likeness (QED) is 0.791. The zero-order valence-corrected chi connectivity index (χ0v) is 14.6. The van der Waals surface area contributed by atoms with Crippen molar-refractivity contribution in [1.29, 1.82) is 0 Å². The molecule has 1 rings (SSSR count). The predicted octanol–water partition coefficient (Wildman–Crippen LogP) is 2.08. The van der Waals surface area contributed by atoms with E-state index >= 15 is 0 Å². The van der Waals surface area contributed by atoms with E-state index in [4.69, 9.17) is 5.11 Å². The summed E-state index contributed by atoms with van der Waals surface area (Å²) in [7, 11) is -4.00. The SMILES string of the molecule is CCC(=O)CC(NS(=O)(=O)c1ccc(C(C)(C)C)cc1)C(=O)O. The van der Waals surface area contributed by atoms with Crippen molar-refractivity contribution in [3.05, 3.63) is 29.8 Å². The lowest BCUT2D eigenvalue weighted by Crippen LogP contribution is -2.42. The molecule has 23 heavy (non-hydrogen) atoms. The number of aliphatic carboxylic acids is 1. The van der Waals surface area contributed by atoms with Gasteiger partial charge in [-0.25, -0.2) is 8.42 Å². The maximum absolute atomic E-state index is 12.3. The summed E-state index contributed by atoms with van der Waals surface area (Å²) in [6, 6.07) is 4.80. The Bertz CT molecular complexity index is 671. The van der Waals surface area contributed by atoms with Crippen molar-refractivity contribution in [3.8, 4) is 0 Å². The minimum Gasteiger partial charge on any atom is -0.480 e. The van der Waals surface area contributed by atoms with Crippen LogP contribution in [-0.4, -0.2) is 31.3 Å². The Labute approximate surface area is 137 Å². The Kier molecular flexibility index (Phi) is 6.07. The molecule has 1 atom stereocenters. The van der Waals surface area contributed by atoms with Gasteiger partial charge in [0, 0.05) is 12.8 Å². The first-order chi connectivity index (χ1) is 10.5. The molecule has 2 N–H and O–H groups in total. The van der Waals surface area contributed by atoms with Crippen LogP contribution >= 0.6 is 0 Å². The fourth-order valence-electron chi connectivity index (χ4n) is 1.94. The predicted molar refractivity (Wildman–Crippen MR) is 86.8 cm³/mol. The molecule has 0 aliphatic rings. The molecular weight excluding hydrogens is 318 g/mol. The minimum absolute atomic E-state index is 0.0271. The number of ketones is 1. The van der Waals surface area contributed by atoms with E-state index in [0.717, 1.165) is 5.56 Å². The van der Waals surface area contributed by atoms with E-state index < -0.39 is 22.0 Å². The number of Topliss-reactive ketones (excluding diaryl/α,β-unsaturated/α-hetero) is 1. The van der Waals surface area contributed by atoms with E-state index in [1.165, 1.54) is 12.1 Å². The van der Waals surface area contributed by atoms with Crippen LogP contribution in [0.25, 0.3) is 0 Å². The summed E-state index contributed by atoms with van der Waals surface area (Å²) in [5, 5.41) is 9.10. The Balaban J connectivity index is 3.01. The molecule has 128 valence electrons. The maximum atomic E-state index is 12.3. The van der Waals surface area contributed by atoms with Gasteiger partial charge in [-0.1, -0.05) is 39.8 Å². The van der Waals surface area contributed by atoms with Crippen LogP contribution in [0.3, 0.4) is 0 Å². The highest BCUT2D eigenvalue weighted by Gasteiger charge is 2.27. The maximum Gasteiger partial charge on any atom is 0.322 e. The first-order valence-corrected chi connectivity index (χ1v) is 8.83. The van der Waals surface area contributed by atoms with Crippen LogP contribution in [0.15, 0.2) is 29.2 Å². The number of carbonyl (C=O) groups excluding carboxylic acids is 1. The van der Waals surface area contributed by atoms with E-state index in [-0.39, 0.29) is 28.9 Å². The van der Waals surface area contributed by atoms with Crippen LogP contribution in [0.2, 0.25) is 0 Å². The van der Waals surface area contributed by atoms with Crippen molar-refractivity contribution in [2.24, 2.45) is 0 Å². The summed E-state index contributed by atoms with van der Waals surface area (Å²) >= 11 is 0. The second-order valence-corrected chi connectivity index (χ2v) is 8.10. The summed E-state index contributed by atoms with van der Waals surface area (Å²) in [6.07, 6.45) is -0.211. The Hall–Kier alpha value is -1.73. The van der Waals surface area contributed by atoms with Gasteiger partial charge in [0.1, 0.15) is 11.8 Å². The van der Waals surface area contributed by atoms with Crippen LogP contribution < -0.4 is 4.72 Å². The smallest absolute Gasteiger partial charge is 0.322 e. The van der Waals surface area contributed by atoms with Crippen LogP contribution in [0.4, 0.5) is 0 Å². The number of carbonyl (C=O) groups is 2. The molecule has 0 heterocycles. The zero-order chi connectivity index (χ0) is 17.8. The number of hydrogen-bond donors (Lipinski definition) is 2. The lowest BCUT2D eigenvalue weighted by molar-refractivity contribution is -0.140. The number of sulfonamides is 1. The molecule has 0 bridgehead atoms. The van der Waals surface area contributed by atoms with Gasteiger partial charge in [0.05, 0.1) is 4.90 Å². The van der Waals surface area contributed by atoms with Crippen LogP contribution in [0.1, 0.15) is 46.1 Å².